The van der Waals surface area contributed by atoms with Gasteiger partial charge in [-0.25, -0.2) is 13.1 Å². The molecule has 1 fully saturated rings. The summed E-state index contributed by atoms with van der Waals surface area (Å²) in [4.78, 5) is 24.7. The van der Waals surface area contributed by atoms with Crippen LogP contribution in [-0.2, 0) is 19.6 Å². The van der Waals surface area contributed by atoms with Crippen LogP contribution in [0.15, 0.2) is 0 Å². The van der Waals surface area contributed by atoms with Gasteiger partial charge in [0.2, 0.25) is 21.8 Å². The molecule has 0 aliphatic carbocycles. The molecule has 2 amide bonds. The third-order valence-corrected chi connectivity index (χ3v) is 3.77. The summed E-state index contributed by atoms with van der Waals surface area (Å²) in [5.41, 5.74) is 5.14. The predicted octanol–water partition coefficient (Wildman–Crippen LogP) is -2.15. The van der Waals surface area contributed by atoms with Gasteiger partial charge in [-0.05, 0) is 19.4 Å². The van der Waals surface area contributed by atoms with Crippen molar-refractivity contribution in [1.29, 1.82) is 0 Å². The number of rotatable bonds is 7. The highest BCUT2D eigenvalue weighted by atomic mass is 32.2. The molecule has 1 heterocycles. The zero-order valence-electron chi connectivity index (χ0n) is 11.6. The fourth-order valence-electron chi connectivity index (χ4n) is 2.20. The molecule has 1 atom stereocenters. The molecule has 0 spiro atoms. The van der Waals surface area contributed by atoms with Gasteiger partial charge in [-0.15, -0.1) is 0 Å². The van der Waals surface area contributed by atoms with Crippen LogP contribution >= 0.6 is 0 Å². The van der Waals surface area contributed by atoms with Gasteiger partial charge in [0.05, 0.1) is 18.7 Å². The molecule has 1 aliphatic heterocycles. The SMILES string of the molecule is CS(=O)(=O)NCCNC(=O)C1CCCN(CC(N)=O)C1. The van der Waals surface area contributed by atoms with Crippen LogP contribution in [0.5, 0.6) is 0 Å². The van der Waals surface area contributed by atoms with Crippen LogP contribution in [0.2, 0.25) is 0 Å². The zero-order chi connectivity index (χ0) is 15.2. The maximum atomic E-state index is 11.9. The minimum atomic E-state index is -3.23. The fraction of sp³-hybridized carbons (Fsp3) is 0.818. The van der Waals surface area contributed by atoms with Crippen molar-refractivity contribution in [3.63, 3.8) is 0 Å². The number of nitrogens with zero attached hydrogens (tertiary/aromatic N) is 1. The Morgan fingerprint density at radius 3 is 2.65 bits per heavy atom. The Hall–Kier alpha value is -1.19. The number of piperidine rings is 1. The van der Waals surface area contributed by atoms with Crippen molar-refractivity contribution in [1.82, 2.24) is 14.9 Å². The van der Waals surface area contributed by atoms with Crippen LogP contribution in [0, 0.1) is 5.92 Å². The monoisotopic (exact) mass is 306 g/mol. The number of sulfonamides is 1. The van der Waals surface area contributed by atoms with Crippen LogP contribution in [0.1, 0.15) is 12.8 Å². The molecule has 0 saturated carbocycles. The van der Waals surface area contributed by atoms with E-state index in [4.69, 9.17) is 5.73 Å². The average molecular weight is 306 g/mol. The number of hydrogen-bond acceptors (Lipinski definition) is 5. The highest BCUT2D eigenvalue weighted by Gasteiger charge is 2.26. The number of hydrogen-bond donors (Lipinski definition) is 3. The standard InChI is InChI=1S/C11H22N4O4S/c1-20(18,19)14-5-4-13-11(17)9-3-2-6-15(7-9)8-10(12)16/h9,14H,2-8H2,1H3,(H2,12,16)(H,13,17). The lowest BCUT2D eigenvalue weighted by Gasteiger charge is -2.30. The van der Waals surface area contributed by atoms with Gasteiger partial charge in [0.1, 0.15) is 0 Å². The molecule has 20 heavy (non-hydrogen) atoms. The van der Waals surface area contributed by atoms with Crippen molar-refractivity contribution in [2.45, 2.75) is 12.8 Å². The summed E-state index contributed by atoms with van der Waals surface area (Å²) < 4.78 is 24.0. The van der Waals surface area contributed by atoms with Gasteiger partial charge < -0.3 is 11.1 Å². The Balaban J connectivity index is 2.30. The second-order valence-corrected chi connectivity index (χ2v) is 6.83. The molecule has 1 aliphatic rings. The lowest BCUT2D eigenvalue weighted by molar-refractivity contribution is -0.128. The van der Waals surface area contributed by atoms with Crippen LogP contribution < -0.4 is 15.8 Å². The van der Waals surface area contributed by atoms with E-state index in [1.165, 1.54) is 0 Å². The highest BCUT2D eigenvalue weighted by molar-refractivity contribution is 7.88. The Bertz CT molecular complexity index is 451. The second kappa shape index (κ2) is 7.55. The van der Waals surface area contributed by atoms with E-state index < -0.39 is 15.9 Å². The molecular formula is C11H22N4O4S. The van der Waals surface area contributed by atoms with E-state index in [9.17, 15) is 18.0 Å². The molecule has 0 aromatic rings. The van der Waals surface area contributed by atoms with Crippen LogP contribution in [-0.4, -0.2) is 64.1 Å². The topological polar surface area (TPSA) is 122 Å². The molecule has 0 aromatic heterocycles. The van der Waals surface area contributed by atoms with E-state index in [1.54, 1.807) is 0 Å². The maximum absolute atomic E-state index is 11.9. The Morgan fingerprint density at radius 1 is 1.35 bits per heavy atom. The first-order valence-electron chi connectivity index (χ1n) is 6.51. The summed E-state index contributed by atoms with van der Waals surface area (Å²) in [6.07, 6.45) is 2.67. The quantitative estimate of drug-likeness (QED) is 0.463. The molecule has 4 N–H and O–H groups in total. The maximum Gasteiger partial charge on any atom is 0.231 e. The van der Waals surface area contributed by atoms with Crippen molar-refractivity contribution in [2.24, 2.45) is 11.7 Å². The number of carbonyl (C=O) groups is 2. The summed E-state index contributed by atoms with van der Waals surface area (Å²) in [5, 5.41) is 2.69. The first-order valence-corrected chi connectivity index (χ1v) is 8.40. The number of primary amides is 1. The van der Waals surface area contributed by atoms with Crippen molar-refractivity contribution in [3.05, 3.63) is 0 Å². The lowest BCUT2D eigenvalue weighted by Crippen LogP contribution is -2.46. The molecule has 1 saturated heterocycles. The molecule has 0 bridgehead atoms. The Kier molecular flexibility index (Phi) is 6.37. The second-order valence-electron chi connectivity index (χ2n) is 5.00. The largest absolute Gasteiger partial charge is 0.369 e. The van der Waals surface area contributed by atoms with Crippen LogP contribution in [0.4, 0.5) is 0 Å². The zero-order valence-corrected chi connectivity index (χ0v) is 12.4. The Labute approximate surface area is 119 Å². The summed E-state index contributed by atoms with van der Waals surface area (Å²) >= 11 is 0. The number of nitrogens with one attached hydrogen (secondary N) is 2. The van der Waals surface area contributed by atoms with E-state index in [-0.39, 0.29) is 31.5 Å². The molecular weight excluding hydrogens is 284 g/mol. The van der Waals surface area contributed by atoms with E-state index in [0.29, 0.717) is 6.54 Å². The number of amides is 2. The lowest BCUT2D eigenvalue weighted by atomic mass is 9.97. The third-order valence-electron chi connectivity index (χ3n) is 3.04. The Morgan fingerprint density at radius 2 is 2.05 bits per heavy atom. The third kappa shape index (κ3) is 6.83. The highest BCUT2D eigenvalue weighted by Crippen LogP contribution is 2.16. The van der Waals surface area contributed by atoms with Crippen molar-refractivity contribution < 1.29 is 18.0 Å². The molecule has 116 valence electrons. The van der Waals surface area contributed by atoms with Gasteiger partial charge in [0.15, 0.2) is 0 Å². The van der Waals surface area contributed by atoms with Crippen molar-refractivity contribution in [3.8, 4) is 0 Å². The molecule has 1 unspecified atom stereocenters. The number of nitrogens with two attached hydrogens (primary N) is 1. The summed E-state index contributed by atoms with van der Waals surface area (Å²) in [7, 11) is -3.23. The fourth-order valence-corrected chi connectivity index (χ4v) is 2.67. The van der Waals surface area contributed by atoms with Crippen molar-refractivity contribution >= 4 is 21.8 Å². The molecule has 1 rings (SSSR count). The summed E-state index contributed by atoms with van der Waals surface area (Å²) in [6, 6.07) is 0. The smallest absolute Gasteiger partial charge is 0.231 e. The van der Waals surface area contributed by atoms with Gasteiger partial charge in [-0.3, -0.25) is 14.5 Å². The molecule has 0 aromatic carbocycles. The molecule has 8 nitrogen and oxygen atoms in total. The number of carbonyl (C=O) groups excluding carboxylic acids is 2. The van der Waals surface area contributed by atoms with Crippen LogP contribution in [0.25, 0.3) is 0 Å². The van der Waals surface area contributed by atoms with E-state index in [1.807, 2.05) is 4.90 Å². The first kappa shape index (κ1) is 16.9. The minimum Gasteiger partial charge on any atom is -0.369 e. The van der Waals surface area contributed by atoms with Crippen LogP contribution in [0.3, 0.4) is 0 Å². The van der Waals surface area contributed by atoms with Gasteiger partial charge in [0, 0.05) is 19.6 Å². The van der Waals surface area contributed by atoms with Gasteiger partial charge >= 0.3 is 0 Å². The van der Waals surface area contributed by atoms with Crippen molar-refractivity contribution in [2.75, 3.05) is 39.0 Å². The number of likely N-dealkylation sites (tertiary alicyclic amines) is 1. The van der Waals surface area contributed by atoms with E-state index in [2.05, 4.69) is 10.0 Å². The van der Waals surface area contributed by atoms with E-state index >= 15 is 0 Å². The van der Waals surface area contributed by atoms with Gasteiger partial charge in [-0.2, -0.15) is 0 Å². The van der Waals surface area contributed by atoms with Gasteiger partial charge in [0.25, 0.3) is 0 Å². The first-order chi connectivity index (χ1) is 9.28. The average Bonchev–Trinajstić information content (AvgIpc) is 2.32. The summed E-state index contributed by atoms with van der Waals surface area (Å²) in [6.45, 7) is 1.86. The minimum absolute atomic E-state index is 0.116. The molecule has 0 radical (unpaired) electrons. The summed E-state index contributed by atoms with van der Waals surface area (Å²) in [5.74, 6) is -0.695. The predicted molar refractivity (Wildman–Crippen MR) is 74.2 cm³/mol. The molecule has 9 heteroatoms. The van der Waals surface area contributed by atoms with E-state index in [0.717, 1.165) is 25.6 Å². The normalized spacial score (nSPS) is 20.6. The van der Waals surface area contributed by atoms with Gasteiger partial charge in [-0.1, -0.05) is 0 Å².